The molecule has 0 fully saturated rings. The summed E-state index contributed by atoms with van der Waals surface area (Å²) in [5, 5.41) is 2.93. The van der Waals surface area contributed by atoms with Crippen LogP contribution in [0.15, 0.2) is 78.9 Å². The van der Waals surface area contributed by atoms with Crippen molar-refractivity contribution < 1.29 is 14.3 Å². The smallest absolute Gasteiger partial charge is 0.265 e. The summed E-state index contributed by atoms with van der Waals surface area (Å²) in [7, 11) is 0. The zero-order valence-corrected chi connectivity index (χ0v) is 20.0. The van der Waals surface area contributed by atoms with E-state index in [2.05, 4.69) is 23.5 Å². The zero-order valence-electron chi connectivity index (χ0n) is 20.0. The summed E-state index contributed by atoms with van der Waals surface area (Å²) < 4.78 is 6.18. The van der Waals surface area contributed by atoms with E-state index in [1.807, 2.05) is 86.3 Å². The molecule has 1 N–H and O–H groups in total. The summed E-state index contributed by atoms with van der Waals surface area (Å²) >= 11 is 0. The van der Waals surface area contributed by atoms with Crippen LogP contribution in [0.5, 0.6) is 5.75 Å². The number of hydrogen-bond acceptors (Lipinski definition) is 3. The van der Waals surface area contributed by atoms with Gasteiger partial charge in [-0.05, 0) is 53.8 Å². The Hall–Kier alpha value is -3.60. The highest BCUT2D eigenvalue weighted by molar-refractivity contribution is 5.94. The van der Waals surface area contributed by atoms with Crippen molar-refractivity contribution in [1.29, 1.82) is 0 Å². The predicted octanol–water partition coefficient (Wildman–Crippen LogP) is 5.61. The topological polar surface area (TPSA) is 58.6 Å². The molecule has 1 heterocycles. The molecule has 34 heavy (non-hydrogen) atoms. The van der Waals surface area contributed by atoms with E-state index < -0.39 is 6.10 Å². The van der Waals surface area contributed by atoms with Crippen LogP contribution in [-0.4, -0.2) is 29.4 Å². The van der Waals surface area contributed by atoms with Gasteiger partial charge in [0.2, 0.25) is 5.91 Å². The minimum Gasteiger partial charge on any atom is -0.481 e. The number of benzene rings is 3. The first-order valence-electron chi connectivity index (χ1n) is 12.0. The number of ether oxygens (including phenoxy) is 1. The maximum atomic E-state index is 13.1. The molecule has 0 radical (unpaired) electrons. The lowest BCUT2D eigenvalue weighted by Crippen LogP contribution is -2.42. The highest BCUT2D eigenvalue weighted by atomic mass is 16.5. The van der Waals surface area contributed by atoms with Crippen molar-refractivity contribution in [2.75, 3.05) is 11.9 Å². The molecule has 5 heteroatoms. The Labute approximate surface area is 201 Å². The van der Waals surface area contributed by atoms with E-state index in [9.17, 15) is 9.59 Å². The largest absolute Gasteiger partial charge is 0.481 e. The number of para-hydroxylation sites is 1. The number of nitrogens with one attached hydrogen (secondary N) is 1. The number of fused-ring (bicyclic) bond motifs is 1. The van der Waals surface area contributed by atoms with Crippen LogP contribution in [0.2, 0.25) is 0 Å². The lowest BCUT2D eigenvalue weighted by atomic mass is 9.87. The molecule has 0 aromatic heterocycles. The molecule has 1 aliphatic rings. The molecule has 0 saturated carbocycles. The number of anilines is 1. The Kier molecular flexibility index (Phi) is 7.31. The average molecular weight is 457 g/mol. The molecule has 0 bridgehead atoms. The molecule has 0 aliphatic carbocycles. The fourth-order valence-corrected chi connectivity index (χ4v) is 4.46. The van der Waals surface area contributed by atoms with E-state index in [0.717, 1.165) is 23.2 Å². The molecule has 2 atom stereocenters. The molecule has 2 unspecified atom stereocenters. The van der Waals surface area contributed by atoms with E-state index in [1.165, 1.54) is 5.56 Å². The normalized spacial score (nSPS) is 16.0. The monoisotopic (exact) mass is 456 g/mol. The summed E-state index contributed by atoms with van der Waals surface area (Å²) in [6.45, 7) is 6.50. The van der Waals surface area contributed by atoms with Crippen LogP contribution in [0.1, 0.15) is 49.9 Å². The van der Waals surface area contributed by atoms with E-state index in [-0.39, 0.29) is 23.8 Å². The van der Waals surface area contributed by atoms with Crippen LogP contribution in [0.3, 0.4) is 0 Å². The number of hydrogen-bond donors (Lipinski definition) is 1. The van der Waals surface area contributed by atoms with Crippen molar-refractivity contribution >= 4 is 17.5 Å². The molecule has 3 aromatic rings. The van der Waals surface area contributed by atoms with Gasteiger partial charge in [0.15, 0.2) is 6.10 Å². The minimum atomic E-state index is -0.620. The van der Waals surface area contributed by atoms with Crippen LogP contribution in [0.4, 0.5) is 5.69 Å². The molecule has 1 aliphatic heterocycles. The highest BCUT2D eigenvalue weighted by Crippen LogP contribution is 2.38. The third kappa shape index (κ3) is 5.14. The third-order valence-electron chi connectivity index (χ3n) is 6.22. The van der Waals surface area contributed by atoms with Crippen molar-refractivity contribution in [2.24, 2.45) is 5.92 Å². The van der Waals surface area contributed by atoms with Gasteiger partial charge in [0.05, 0.1) is 6.04 Å². The van der Waals surface area contributed by atoms with Crippen molar-refractivity contribution in [2.45, 2.75) is 45.8 Å². The molecule has 4 rings (SSSR count). The SMILES string of the molecule is CCC(Oc1ccc2c(c1)C(c1ccccc1)N(C(=O)C(C)C)CC2)C(=O)Nc1ccccc1. The molecule has 0 spiro atoms. The Bertz CT molecular complexity index is 1130. The second-order valence-electron chi connectivity index (χ2n) is 8.98. The fraction of sp³-hybridized carbons (Fsp3) is 0.310. The van der Waals surface area contributed by atoms with Gasteiger partial charge in [-0.15, -0.1) is 0 Å². The van der Waals surface area contributed by atoms with Gasteiger partial charge in [-0.3, -0.25) is 9.59 Å². The lowest BCUT2D eigenvalue weighted by molar-refractivity contribution is -0.136. The molecular formula is C29H32N2O3. The second-order valence-corrected chi connectivity index (χ2v) is 8.98. The summed E-state index contributed by atoms with van der Waals surface area (Å²) in [5.74, 6) is 0.508. The van der Waals surface area contributed by atoms with Crippen LogP contribution in [0.25, 0.3) is 0 Å². The number of carbonyl (C=O) groups is 2. The summed E-state index contributed by atoms with van der Waals surface area (Å²) in [6.07, 6.45) is 0.712. The van der Waals surface area contributed by atoms with E-state index in [0.29, 0.717) is 18.7 Å². The molecule has 2 amide bonds. The van der Waals surface area contributed by atoms with Gasteiger partial charge >= 0.3 is 0 Å². The van der Waals surface area contributed by atoms with Crippen molar-refractivity contribution in [1.82, 2.24) is 4.90 Å². The third-order valence-corrected chi connectivity index (χ3v) is 6.22. The van der Waals surface area contributed by atoms with Crippen molar-refractivity contribution in [3.8, 4) is 5.75 Å². The number of rotatable bonds is 7. The van der Waals surface area contributed by atoms with Crippen LogP contribution in [0, 0.1) is 5.92 Å². The maximum Gasteiger partial charge on any atom is 0.265 e. The Morgan fingerprint density at radius 3 is 2.32 bits per heavy atom. The standard InChI is InChI=1S/C29H32N2O3/c1-4-26(28(32)30-23-13-9-6-10-14-23)34-24-16-15-21-17-18-31(29(33)20(2)3)27(25(21)19-24)22-11-7-5-8-12-22/h5-16,19-20,26-27H,4,17-18H2,1-3H3,(H,30,32). The number of carbonyl (C=O) groups excluding carboxylic acids is 2. The highest BCUT2D eigenvalue weighted by Gasteiger charge is 2.33. The molecule has 0 saturated heterocycles. The van der Waals surface area contributed by atoms with Gasteiger partial charge in [-0.1, -0.05) is 75.4 Å². The van der Waals surface area contributed by atoms with Gasteiger partial charge in [-0.25, -0.2) is 0 Å². The average Bonchev–Trinajstić information content (AvgIpc) is 2.87. The van der Waals surface area contributed by atoms with E-state index in [1.54, 1.807) is 0 Å². The number of amides is 2. The number of nitrogens with zero attached hydrogens (tertiary/aromatic N) is 1. The van der Waals surface area contributed by atoms with Crippen molar-refractivity contribution in [3.63, 3.8) is 0 Å². The lowest BCUT2D eigenvalue weighted by Gasteiger charge is -2.39. The summed E-state index contributed by atoms with van der Waals surface area (Å²) in [4.78, 5) is 27.9. The Balaban J connectivity index is 1.63. The first kappa shape index (κ1) is 23.6. The van der Waals surface area contributed by atoms with Gasteiger partial charge in [0.25, 0.3) is 5.91 Å². The molecule has 5 nitrogen and oxygen atoms in total. The molecule has 176 valence electrons. The zero-order chi connectivity index (χ0) is 24.1. The van der Waals surface area contributed by atoms with Crippen LogP contribution >= 0.6 is 0 Å². The molecule has 3 aromatic carbocycles. The summed E-state index contributed by atoms with van der Waals surface area (Å²) in [6, 6.07) is 25.3. The van der Waals surface area contributed by atoms with Gasteiger partial charge < -0.3 is 15.0 Å². The van der Waals surface area contributed by atoms with Gasteiger partial charge in [0.1, 0.15) is 5.75 Å². The first-order valence-corrected chi connectivity index (χ1v) is 12.0. The Morgan fingerprint density at radius 1 is 1.00 bits per heavy atom. The quantitative estimate of drug-likeness (QED) is 0.503. The maximum absolute atomic E-state index is 13.1. The van der Waals surface area contributed by atoms with Crippen molar-refractivity contribution in [3.05, 3.63) is 95.6 Å². The van der Waals surface area contributed by atoms with Crippen LogP contribution < -0.4 is 10.1 Å². The minimum absolute atomic E-state index is 0.0849. The molecular weight excluding hydrogens is 424 g/mol. The predicted molar refractivity (Wildman–Crippen MR) is 135 cm³/mol. The fourth-order valence-electron chi connectivity index (χ4n) is 4.46. The second kappa shape index (κ2) is 10.6. The Morgan fingerprint density at radius 2 is 1.68 bits per heavy atom. The van der Waals surface area contributed by atoms with Gasteiger partial charge in [0, 0.05) is 18.2 Å². The van der Waals surface area contributed by atoms with Crippen LogP contribution in [-0.2, 0) is 16.0 Å². The first-order chi connectivity index (χ1) is 16.5. The summed E-state index contributed by atoms with van der Waals surface area (Å²) in [5.41, 5.74) is 4.08. The van der Waals surface area contributed by atoms with E-state index in [4.69, 9.17) is 4.74 Å². The van der Waals surface area contributed by atoms with Gasteiger partial charge in [-0.2, -0.15) is 0 Å². The van der Waals surface area contributed by atoms with E-state index >= 15 is 0 Å².